The highest BCUT2D eigenvalue weighted by molar-refractivity contribution is 9.10. The number of hydrogen-bond acceptors (Lipinski definition) is 3. The molecule has 0 amide bonds. The Morgan fingerprint density at radius 3 is 1.95 bits per heavy atom. The third kappa shape index (κ3) is 3.66. The molecule has 0 fully saturated rings. The number of hydrogen-bond donors (Lipinski definition) is 0. The molecule has 0 aliphatic rings. The molecule has 0 aliphatic heterocycles. The van der Waals surface area contributed by atoms with Crippen LogP contribution in [0.2, 0.25) is 0 Å². The number of carbonyl (C=O) groups is 1. The number of methoxy groups -OCH3 is 1. The average molecular weight is 414 g/mol. The van der Waals surface area contributed by atoms with Gasteiger partial charge in [0.15, 0.2) is 5.78 Å². The molecule has 21 heavy (non-hydrogen) atoms. The summed E-state index contributed by atoms with van der Waals surface area (Å²) in [4.78, 5) is 12.5. The molecule has 0 heterocycles. The van der Waals surface area contributed by atoms with E-state index in [4.69, 9.17) is 9.47 Å². The van der Waals surface area contributed by atoms with Crippen LogP contribution in [0, 0.1) is 0 Å². The summed E-state index contributed by atoms with van der Waals surface area (Å²) in [6.07, 6.45) is 0. The van der Waals surface area contributed by atoms with Crippen LogP contribution in [0.15, 0.2) is 45.3 Å². The van der Waals surface area contributed by atoms with Crippen molar-refractivity contribution >= 4 is 37.6 Å². The topological polar surface area (TPSA) is 35.5 Å². The Bertz CT molecular complexity index is 669. The quantitative estimate of drug-likeness (QED) is 0.657. The molecule has 3 nitrogen and oxygen atoms in total. The maximum Gasteiger partial charge on any atom is 0.193 e. The highest BCUT2D eigenvalue weighted by Gasteiger charge is 2.13. The Kier molecular flexibility index (Phi) is 5.42. The molecule has 0 saturated heterocycles. The van der Waals surface area contributed by atoms with E-state index in [-0.39, 0.29) is 5.78 Å². The summed E-state index contributed by atoms with van der Waals surface area (Å²) in [5, 5.41) is 0. The van der Waals surface area contributed by atoms with Gasteiger partial charge in [-0.15, -0.1) is 0 Å². The first-order chi connectivity index (χ1) is 10.1. The number of rotatable bonds is 5. The molecule has 0 radical (unpaired) electrons. The fraction of sp³-hybridized carbons (Fsp3) is 0.188. The minimum Gasteiger partial charge on any atom is -0.496 e. The zero-order valence-electron chi connectivity index (χ0n) is 11.7. The third-order valence-corrected chi connectivity index (χ3v) is 4.15. The monoisotopic (exact) mass is 412 g/mol. The van der Waals surface area contributed by atoms with Crippen molar-refractivity contribution in [2.75, 3.05) is 13.7 Å². The molecule has 0 atom stereocenters. The number of ether oxygens (including phenoxy) is 2. The van der Waals surface area contributed by atoms with Crippen molar-refractivity contribution in [3.05, 3.63) is 56.5 Å². The summed E-state index contributed by atoms with van der Waals surface area (Å²) < 4.78 is 12.1. The van der Waals surface area contributed by atoms with E-state index < -0.39 is 0 Å². The number of carbonyl (C=O) groups excluding carboxylic acids is 1. The maximum atomic E-state index is 12.5. The Balaban J connectivity index is 2.31. The first-order valence-corrected chi connectivity index (χ1v) is 7.96. The van der Waals surface area contributed by atoms with Crippen LogP contribution in [0.1, 0.15) is 22.8 Å². The SMILES string of the molecule is CCOc1ccc(C(=O)c2ccc(OC)c(Br)c2)cc1Br. The fourth-order valence-electron chi connectivity index (χ4n) is 1.89. The Morgan fingerprint density at radius 2 is 1.52 bits per heavy atom. The largest absolute Gasteiger partial charge is 0.496 e. The molecule has 0 spiro atoms. The van der Waals surface area contributed by atoms with Crippen molar-refractivity contribution < 1.29 is 14.3 Å². The molecule has 2 aromatic carbocycles. The molecule has 0 bridgehead atoms. The van der Waals surface area contributed by atoms with E-state index in [0.29, 0.717) is 23.5 Å². The van der Waals surface area contributed by atoms with Gasteiger partial charge in [-0.2, -0.15) is 0 Å². The first kappa shape index (κ1) is 16.0. The fourth-order valence-corrected chi connectivity index (χ4v) is 2.92. The second-order valence-electron chi connectivity index (χ2n) is 4.26. The predicted octanol–water partition coefficient (Wildman–Crippen LogP) is 4.85. The van der Waals surface area contributed by atoms with E-state index in [1.54, 1.807) is 43.5 Å². The highest BCUT2D eigenvalue weighted by Crippen LogP contribution is 2.29. The Hall–Kier alpha value is -1.33. The minimum absolute atomic E-state index is 0.0536. The number of benzene rings is 2. The van der Waals surface area contributed by atoms with Gasteiger partial charge in [0.2, 0.25) is 0 Å². The van der Waals surface area contributed by atoms with Crippen LogP contribution in [-0.4, -0.2) is 19.5 Å². The second kappa shape index (κ2) is 7.09. The Labute approximate surface area is 140 Å². The Morgan fingerprint density at radius 1 is 1.00 bits per heavy atom. The van der Waals surface area contributed by atoms with Gasteiger partial charge in [0.05, 0.1) is 22.7 Å². The molecule has 0 unspecified atom stereocenters. The predicted molar refractivity (Wildman–Crippen MR) is 89.4 cm³/mol. The summed E-state index contributed by atoms with van der Waals surface area (Å²) in [5.41, 5.74) is 1.20. The van der Waals surface area contributed by atoms with Gasteiger partial charge in [0.1, 0.15) is 11.5 Å². The molecule has 110 valence electrons. The van der Waals surface area contributed by atoms with Gasteiger partial charge < -0.3 is 9.47 Å². The first-order valence-electron chi connectivity index (χ1n) is 6.37. The van der Waals surface area contributed by atoms with E-state index in [0.717, 1.165) is 14.7 Å². The third-order valence-electron chi connectivity index (χ3n) is 2.91. The molecule has 0 saturated carbocycles. The van der Waals surface area contributed by atoms with Crippen molar-refractivity contribution in [2.24, 2.45) is 0 Å². The summed E-state index contributed by atoms with van der Waals surface area (Å²) >= 11 is 6.81. The van der Waals surface area contributed by atoms with Gasteiger partial charge in [0.25, 0.3) is 0 Å². The van der Waals surface area contributed by atoms with E-state index in [1.165, 1.54) is 0 Å². The molecule has 0 aliphatic carbocycles. The minimum atomic E-state index is -0.0536. The molecule has 0 N–H and O–H groups in total. The van der Waals surface area contributed by atoms with Crippen molar-refractivity contribution in [1.29, 1.82) is 0 Å². The van der Waals surface area contributed by atoms with Crippen LogP contribution >= 0.6 is 31.9 Å². The lowest BCUT2D eigenvalue weighted by atomic mass is 10.0. The molecular formula is C16H14Br2O3. The van der Waals surface area contributed by atoms with Crippen molar-refractivity contribution in [2.45, 2.75) is 6.92 Å². The summed E-state index contributed by atoms with van der Waals surface area (Å²) in [6.45, 7) is 2.50. The number of halogens is 2. The lowest BCUT2D eigenvalue weighted by Crippen LogP contribution is -2.02. The lowest BCUT2D eigenvalue weighted by Gasteiger charge is -2.09. The summed E-state index contributed by atoms with van der Waals surface area (Å²) in [7, 11) is 1.59. The standard InChI is InChI=1S/C16H14Br2O3/c1-3-21-15-7-5-11(9-13(15)18)16(19)10-4-6-14(20-2)12(17)8-10/h4-9H,3H2,1-2H3. The molecular weight excluding hydrogens is 400 g/mol. The normalized spacial score (nSPS) is 10.3. The van der Waals surface area contributed by atoms with Crippen LogP contribution < -0.4 is 9.47 Å². The van der Waals surface area contributed by atoms with E-state index in [9.17, 15) is 4.79 Å². The van der Waals surface area contributed by atoms with Crippen LogP contribution in [0.4, 0.5) is 0 Å². The van der Waals surface area contributed by atoms with Gasteiger partial charge in [-0.05, 0) is 75.2 Å². The maximum absolute atomic E-state index is 12.5. The van der Waals surface area contributed by atoms with Crippen molar-refractivity contribution in [3.8, 4) is 11.5 Å². The van der Waals surface area contributed by atoms with Gasteiger partial charge in [-0.1, -0.05) is 0 Å². The van der Waals surface area contributed by atoms with Gasteiger partial charge in [0, 0.05) is 11.1 Å². The highest BCUT2D eigenvalue weighted by atomic mass is 79.9. The molecule has 2 rings (SSSR count). The van der Waals surface area contributed by atoms with Crippen molar-refractivity contribution in [1.82, 2.24) is 0 Å². The molecule has 0 aromatic heterocycles. The lowest BCUT2D eigenvalue weighted by molar-refractivity contribution is 0.103. The van der Waals surface area contributed by atoms with Crippen LogP contribution in [-0.2, 0) is 0 Å². The van der Waals surface area contributed by atoms with Crippen LogP contribution in [0.25, 0.3) is 0 Å². The zero-order valence-corrected chi connectivity index (χ0v) is 14.8. The number of ketones is 1. The second-order valence-corrected chi connectivity index (χ2v) is 5.97. The zero-order chi connectivity index (χ0) is 15.4. The van der Waals surface area contributed by atoms with Gasteiger partial charge in [-0.25, -0.2) is 0 Å². The van der Waals surface area contributed by atoms with E-state index >= 15 is 0 Å². The van der Waals surface area contributed by atoms with Gasteiger partial charge >= 0.3 is 0 Å². The molecule has 2 aromatic rings. The smallest absolute Gasteiger partial charge is 0.193 e. The average Bonchev–Trinajstić information content (AvgIpc) is 2.48. The van der Waals surface area contributed by atoms with Crippen LogP contribution in [0.5, 0.6) is 11.5 Å². The summed E-state index contributed by atoms with van der Waals surface area (Å²) in [6, 6.07) is 10.6. The van der Waals surface area contributed by atoms with E-state index in [2.05, 4.69) is 31.9 Å². The van der Waals surface area contributed by atoms with Crippen LogP contribution in [0.3, 0.4) is 0 Å². The van der Waals surface area contributed by atoms with Gasteiger partial charge in [-0.3, -0.25) is 4.79 Å². The van der Waals surface area contributed by atoms with Crippen molar-refractivity contribution in [3.63, 3.8) is 0 Å². The molecule has 5 heteroatoms. The van der Waals surface area contributed by atoms with E-state index in [1.807, 2.05) is 6.92 Å². The summed E-state index contributed by atoms with van der Waals surface area (Å²) in [5.74, 6) is 1.37.